The summed E-state index contributed by atoms with van der Waals surface area (Å²) in [6.45, 7) is 2.31. The number of thioether (sulfide) groups is 1. The van der Waals surface area contributed by atoms with Crippen molar-refractivity contribution in [2.24, 2.45) is 22.5 Å². The summed E-state index contributed by atoms with van der Waals surface area (Å²) in [6, 6.07) is 4.46. The molecule has 1 unspecified atom stereocenters. The maximum absolute atomic E-state index is 13.4. The largest absolute Gasteiger partial charge is 0.508 e. The molecule has 3 aliphatic carbocycles. The molecule has 0 aromatic heterocycles. The lowest BCUT2D eigenvalue weighted by Gasteiger charge is -2.51. The molecule has 0 saturated heterocycles. The first-order chi connectivity index (χ1) is 17.3. The number of hydrogen-bond acceptors (Lipinski definition) is 6. The van der Waals surface area contributed by atoms with Gasteiger partial charge in [-0.05, 0) is 103 Å². The molecule has 8 nitrogen and oxygen atoms in total. The molecule has 36 heavy (non-hydrogen) atoms. The minimum absolute atomic E-state index is 0.00826. The topological polar surface area (TPSA) is 111 Å². The number of urea groups is 1. The van der Waals surface area contributed by atoms with Crippen LogP contribution in [0.3, 0.4) is 0 Å². The second-order valence-electron chi connectivity index (χ2n) is 10.7. The number of nitrogens with zero attached hydrogens (tertiary/aromatic N) is 2. The van der Waals surface area contributed by atoms with Gasteiger partial charge < -0.3 is 15.7 Å². The Bertz CT molecular complexity index is 981. The minimum atomic E-state index is -0.738. The number of phenols is 1. The second kappa shape index (κ2) is 11.6. The SMILES string of the molecule is CSCCC(NC(=O)N(CCCl)N=O)C(=O)N[C@H]1CC[C@H]2[C@@H]3CCc4cc(O)ccc4[C@H]3CC[C@]12C. The zero-order valence-corrected chi connectivity index (χ0v) is 22.6. The number of aromatic hydroxyl groups is 1. The van der Waals surface area contributed by atoms with Gasteiger partial charge in [-0.15, -0.1) is 16.5 Å². The Morgan fingerprint density at radius 2 is 2.11 bits per heavy atom. The Kier molecular flexibility index (Phi) is 8.71. The van der Waals surface area contributed by atoms with Gasteiger partial charge in [-0.3, -0.25) is 4.79 Å². The molecule has 3 N–H and O–H groups in total. The lowest BCUT2D eigenvalue weighted by molar-refractivity contribution is -0.125. The fourth-order valence-electron chi connectivity index (χ4n) is 7.07. The number of amides is 3. The van der Waals surface area contributed by atoms with Crippen LogP contribution in [-0.4, -0.2) is 58.6 Å². The quantitative estimate of drug-likeness (QED) is 0.239. The third-order valence-corrected chi connectivity index (χ3v) is 9.69. The Balaban J connectivity index is 1.45. The van der Waals surface area contributed by atoms with E-state index < -0.39 is 12.1 Å². The van der Waals surface area contributed by atoms with Crippen molar-refractivity contribution in [2.75, 3.05) is 24.4 Å². The first-order valence-corrected chi connectivity index (χ1v) is 14.8. The number of halogens is 1. The Morgan fingerprint density at radius 1 is 1.31 bits per heavy atom. The fourth-order valence-corrected chi connectivity index (χ4v) is 7.70. The van der Waals surface area contributed by atoms with Gasteiger partial charge in [0.1, 0.15) is 11.8 Å². The normalized spacial score (nSPS) is 29.3. The van der Waals surface area contributed by atoms with Gasteiger partial charge in [0.2, 0.25) is 5.91 Å². The molecule has 10 heteroatoms. The zero-order valence-electron chi connectivity index (χ0n) is 21.0. The summed E-state index contributed by atoms with van der Waals surface area (Å²) in [6.07, 6.45) is 8.63. The maximum atomic E-state index is 13.4. The van der Waals surface area contributed by atoms with Crippen molar-refractivity contribution >= 4 is 35.3 Å². The van der Waals surface area contributed by atoms with Gasteiger partial charge in [-0.25, -0.2) is 4.79 Å². The second-order valence-corrected chi connectivity index (χ2v) is 12.0. The number of hydrogen-bond donors (Lipinski definition) is 3. The summed E-state index contributed by atoms with van der Waals surface area (Å²) in [5, 5.41) is 19.4. The van der Waals surface area contributed by atoms with E-state index in [0.717, 1.165) is 43.5 Å². The van der Waals surface area contributed by atoms with Gasteiger partial charge in [0.15, 0.2) is 0 Å². The van der Waals surface area contributed by atoms with Crippen LogP contribution in [0.5, 0.6) is 5.75 Å². The number of carbonyl (C=O) groups excluding carboxylic acids is 2. The van der Waals surface area contributed by atoms with E-state index >= 15 is 0 Å². The van der Waals surface area contributed by atoms with E-state index in [1.54, 1.807) is 11.8 Å². The molecular weight excluding hydrogens is 500 g/mol. The van der Waals surface area contributed by atoms with Crippen LogP contribution in [-0.2, 0) is 11.2 Å². The number of fused-ring (bicyclic) bond motifs is 5. The number of benzene rings is 1. The summed E-state index contributed by atoms with van der Waals surface area (Å²) in [4.78, 5) is 36.9. The zero-order chi connectivity index (χ0) is 25.9. The molecule has 6 atom stereocenters. The summed E-state index contributed by atoms with van der Waals surface area (Å²) >= 11 is 7.26. The van der Waals surface area contributed by atoms with E-state index in [4.69, 9.17) is 11.6 Å². The molecule has 4 rings (SSSR count). The fraction of sp³-hybridized carbons (Fsp3) is 0.692. The van der Waals surface area contributed by atoms with Crippen LogP contribution in [0.15, 0.2) is 23.5 Å². The highest BCUT2D eigenvalue weighted by Crippen LogP contribution is 2.61. The molecule has 198 valence electrons. The summed E-state index contributed by atoms with van der Waals surface area (Å²) in [5.74, 6) is 2.54. The van der Waals surface area contributed by atoms with Gasteiger partial charge in [-0.2, -0.15) is 16.8 Å². The maximum Gasteiger partial charge on any atom is 0.341 e. The van der Waals surface area contributed by atoms with Crippen LogP contribution in [0.1, 0.15) is 62.5 Å². The van der Waals surface area contributed by atoms with E-state index in [2.05, 4.69) is 28.9 Å². The van der Waals surface area contributed by atoms with Crippen LogP contribution >= 0.6 is 23.4 Å². The standard InChI is InChI=1S/C26H37ClN4O4S/c1-26-11-9-19-18-6-4-17(32)15-16(18)3-5-20(19)21(26)7-8-23(26)29-24(33)22(10-14-36-2)28-25(34)31(30-35)13-12-27/h4,6,15,19-23,32H,3,5,7-14H2,1-2H3,(H,28,34)(H,29,33)/t19-,20-,21+,22?,23+,26+/m1/s1. The third-order valence-electron chi connectivity index (χ3n) is 8.88. The van der Waals surface area contributed by atoms with Crippen LogP contribution in [0.2, 0.25) is 0 Å². The highest BCUT2D eigenvalue weighted by atomic mass is 35.5. The first-order valence-electron chi connectivity index (χ1n) is 12.9. The molecule has 0 spiro atoms. The average molecular weight is 537 g/mol. The van der Waals surface area contributed by atoms with E-state index in [0.29, 0.717) is 35.7 Å². The number of nitrogens with one attached hydrogen (secondary N) is 2. The number of nitroso groups, excluding NO2 is 1. The molecule has 3 amide bonds. The van der Waals surface area contributed by atoms with Gasteiger partial charge in [0.25, 0.3) is 0 Å². The lowest BCUT2D eigenvalue weighted by atomic mass is 9.55. The molecule has 1 aromatic carbocycles. The predicted molar refractivity (Wildman–Crippen MR) is 143 cm³/mol. The van der Waals surface area contributed by atoms with Crippen LogP contribution in [0.4, 0.5) is 4.79 Å². The molecule has 0 aliphatic heterocycles. The Morgan fingerprint density at radius 3 is 2.83 bits per heavy atom. The first kappa shape index (κ1) is 27.0. The number of alkyl halides is 1. The monoisotopic (exact) mass is 536 g/mol. The molecule has 3 aliphatic rings. The Labute approximate surface area is 222 Å². The van der Waals surface area contributed by atoms with Crippen LogP contribution in [0, 0.1) is 22.2 Å². The molecule has 0 bridgehead atoms. The van der Waals surface area contributed by atoms with E-state index in [9.17, 15) is 19.6 Å². The van der Waals surface area contributed by atoms with E-state index in [1.807, 2.05) is 18.4 Å². The van der Waals surface area contributed by atoms with Crippen molar-refractivity contribution in [1.82, 2.24) is 15.6 Å². The van der Waals surface area contributed by atoms with Crippen molar-refractivity contribution in [1.29, 1.82) is 0 Å². The van der Waals surface area contributed by atoms with Crippen molar-refractivity contribution in [2.45, 2.75) is 69.9 Å². The summed E-state index contributed by atoms with van der Waals surface area (Å²) in [5.41, 5.74) is 2.68. The molecule has 2 fully saturated rings. The molecular formula is C26H37ClN4O4S. The number of rotatable bonds is 9. The number of aryl methyl sites for hydroxylation is 1. The van der Waals surface area contributed by atoms with Crippen molar-refractivity contribution in [3.8, 4) is 5.75 Å². The van der Waals surface area contributed by atoms with Gasteiger partial charge in [0, 0.05) is 11.9 Å². The number of phenolic OH excluding ortho intramolecular Hbond substituents is 1. The van der Waals surface area contributed by atoms with Gasteiger partial charge in [0.05, 0.1) is 11.8 Å². The smallest absolute Gasteiger partial charge is 0.341 e. The lowest BCUT2D eigenvalue weighted by Crippen LogP contribution is -2.56. The minimum Gasteiger partial charge on any atom is -0.508 e. The summed E-state index contributed by atoms with van der Waals surface area (Å²) in [7, 11) is 0. The van der Waals surface area contributed by atoms with Crippen LogP contribution in [0.25, 0.3) is 0 Å². The van der Waals surface area contributed by atoms with Gasteiger partial charge >= 0.3 is 6.03 Å². The third kappa shape index (κ3) is 5.32. The number of carbonyl (C=O) groups is 2. The molecule has 0 radical (unpaired) electrons. The summed E-state index contributed by atoms with van der Waals surface area (Å²) < 4.78 is 0. The van der Waals surface area contributed by atoms with Crippen molar-refractivity contribution < 1.29 is 14.7 Å². The molecule has 0 heterocycles. The Hall–Kier alpha value is -2.00. The average Bonchev–Trinajstić information content (AvgIpc) is 3.20. The molecule has 1 aromatic rings. The highest BCUT2D eigenvalue weighted by Gasteiger charge is 2.55. The van der Waals surface area contributed by atoms with E-state index in [-0.39, 0.29) is 29.8 Å². The van der Waals surface area contributed by atoms with Crippen molar-refractivity contribution in [3.63, 3.8) is 0 Å². The predicted octanol–water partition coefficient (Wildman–Crippen LogP) is 4.79. The molecule has 2 saturated carbocycles. The highest BCUT2D eigenvalue weighted by molar-refractivity contribution is 7.98. The van der Waals surface area contributed by atoms with Crippen LogP contribution < -0.4 is 10.6 Å². The van der Waals surface area contributed by atoms with Gasteiger partial charge in [-0.1, -0.05) is 13.0 Å². The van der Waals surface area contributed by atoms with E-state index in [1.165, 1.54) is 11.1 Å². The van der Waals surface area contributed by atoms with Crippen molar-refractivity contribution in [3.05, 3.63) is 34.2 Å².